The zero-order valence-electron chi connectivity index (χ0n) is 12.5. The number of aromatic nitrogens is 1. The second-order valence-electron chi connectivity index (χ2n) is 6.05. The zero-order chi connectivity index (χ0) is 14.8. The number of esters is 1. The summed E-state index contributed by atoms with van der Waals surface area (Å²) >= 11 is 0. The van der Waals surface area contributed by atoms with Crippen molar-refractivity contribution in [3.05, 3.63) is 24.0 Å². The fourth-order valence-corrected chi connectivity index (χ4v) is 3.19. The van der Waals surface area contributed by atoms with Crippen LogP contribution in [0, 0.1) is 0 Å². The molecular weight excluding hydrogens is 268 g/mol. The van der Waals surface area contributed by atoms with Crippen LogP contribution >= 0.6 is 0 Å². The maximum Gasteiger partial charge on any atom is 0.355 e. The molecule has 114 valence electrons. The molecule has 0 aromatic carbocycles. The van der Waals surface area contributed by atoms with Gasteiger partial charge in [-0.15, -0.1) is 0 Å². The van der Waals surface area contributed by atoms with Crippen LogP contribution in [0.15, 0.2) is 18.3 Å². The molecule has 0 N–H and O–H groups in total. The first-order chi connectivity index (χ1) is 10.2. The molecule has 5 nitrogen and oxygen atoms in total. The molecule has 0 bridgehead atoms. The largest absolute Gasteiger partial charge is 0.451 e. The predicted octanol–water partition coefficient (Wildman–Crippen LogP) is 2.12. The highest BCUT2D eigenvalue weighted by atomic mass is 16.5. The van der Waals surface area contributed by atoms with Crippen LogP contribution in [0.5, 0.6) is 0 Å². The van der Waals surface area contributed by atoms with Gasteiger partial charge in [0.25, 0.3) is 5.91 Å². The smallest absolute Gasteiger partial charge is 0.355 e. The van der Waals surface area contributed by atoms with E-state index in [4.69, 9.17) is 4.74 Å². The van der Waals surface area contributed by atoms with Gasteiger partial charge in [-0.2, -0.15) is 0 Å². The SMILES string of the molecule is Cn1cccc1C(=O)OCC(=O)N(C1CCCC1)C1CC1. The predicted molar refractivity (Wildman–Crippen MR) is 77.8 cm³/mol. The summed E-state index contributed by atoms with van der Waals surface area (Å²) in [6, 6.07) is 4.23. The molecule has 0 unspecified atom stereocenters. The van der Waals surface area contributed by atoms with Crippen LogP contribution < -0.4 is 0 Å². The van der Waals surface area contributed by atoms with Gasteiger partial charge in [-0.25, -0.2) is 4.79 Å². The van der Waals surface area contributed by atoms with E-state index in [1.165, 1.54) is 12.8 Å². The molecule has 21 heavy (non-hydrogen) atoms. The molecule has 2 saturated carbocycles. The quantitative estimate of drug-likeness (QED) is 0.780. The normalized spacial score (nSPS) is 18.7. The van der Waals surface area contributed by atoms with Gasteiger partial charge in [0.1, 0.15) is 5.69 Å². The Hall–Kier alpha value is -1.78. The average molecular weight is 290 g/mol. The van der Waals surface area contributed by atoms with Gasteiger partial charge in [0.2, 0.25) is 0 Å². The highest BCUT2D eigenvalue weighted by molar-refractivity contribution is 5.90. The Balaban J connectivity index is 1.57. The molecular formula is C16H22N2O3. The fourth-order valence-electron chi connectivity index (χ4n) is 3.19. The third-order valence-electron chi connectivity index (χ3n) is 4.43. The fraction of sp³-hybridized carbons (Fsp3) is 0.625. The second-order valence-corrected chi connectivity index (χ2v) is 6.05. The summed E-state index contributed by atoms with van der Waals surface area (Å²) in [5.74, 6) is -0.468. The van der Waals surface area contributed by atoms with Crippen molar-refractivity contribution < 1.29 is 14.3 Å². The summed E-state index contributed by atoms with van der Waals surface area (Å²) in [6.45, 7) is -0.142. The lowest BCUT2D eigenvalue weighted by atomic mass is 10.2. The minimum absolute atomic E-state index is 0.0352. The molecule has 5 heteroatoms. The lowest BCUT2D eigenvalue weighted by Crippen LogP contribution is -2.43. The highest BCUT2D eigenvalue weighted by Crippen LogP contribution is 2.34. The van der Waals surface area contributed by atoms with Gasteiger partial charge in [-0.05, 0) is 37.8 Å². The van der Waals surface area contributed by atoms with Crippen LogP contribution in [0.4, 0.5) is 0 Å². The molecule has 0 atom stereocenters. The van der Waals surface area contributed by atoms with Crippen LogP contribution in [0.3, 0.4) is 0 Å². The number of carbonyl (C=O) groups is 2. The lowest BCUT2D eigenvalue weighted by Gasteiger charge is -2.28. The Morgan fingerprint density at radius 2 is 1.90 bits per heavy atom. The lowest BCUT2D eigenvalue weighted by molar-refractivity contribution is -0.137. The second kappa shape index (κ2) is 5.92. The first-order valence-electron chi connectivity index (χ1n) is 7.76. The van der Waals surface area contributed by atoms with Crippen molar-refractivity contribution in [1.29, 1.82) is 0 Å². The van der Waals surface area contributed by atoms with Gasteiger partial charge in [-0.3, -0.25) is 4.79 Å². The Kier molecular flexibility index (Phi) is 3.99. The van der Waals surface area contributed by atoms with E-state index < -0.39 is 5.97 Å². The first kappa shape index (κ1) is 14.2. The summed E-state index contributed by atoms with van der Waals surface area (Å²) in [5.41, 5.74) is 0.474. The van der Waals surface area contributed by atoms with Gasteiger partial charge in [-0.1, -0.05) is 12.8 Å². The molecule has 0 aliphatic heterocycles. The van der Waals surface area contributed by atoms with Gasteiger partial charge >= 0.3 is 5.97 Å². The van der Waals surface area contributed by atoms with E-state index in [1.54, 1.807) is 29.9 Å². The first-order valence-corrected chi connectivity index (χ1v) is 7.76. The third kappa shape index (κ3) is 3.12. The standard InChI is InChI=1S/C16H22N2O3/c1-17-10-4-7-14(17)16(20)21-11-15(19)18(13-8-9-13)12-5-2-3-6-12/h4,7,10,12-13H,2-3,5-6,8-9,11H2,1H3. The van der Waals surface area contributed by atoms with Crippen LogP contribution in [0.25, 0.3) is 0 Å². The molecule has 1 amide bonds. The van der Waals surface area contributed by atoms with Gasteiger partial charge in [0.05, 0.1) is 0 Å². The number of hydrogen-bond donors (Lipinski definition) is 0. The van der Waals surface area contributed by atoms with Crippen molar-refractivity contribution in [3.63, 3.8) is 0 Å². The summed E-state index contributed by atoms with van der Waals surface area (Å²) in [7, 11) is 1.79. The molecule has 0 spiro atoms. The van der Waals surface area contributed by atoms with Crippen molar-refractivity contribution in [2.24, 2.45) is 7.05 Å². The number of amides is 1. The minimum Gasteiger partial charge on any atom is -0.451 e. The van der Waals surface area contributed by atoms with Gasteiger partial charge in [0, 0.05) is 25.3 Å². The van der Waals surface area contributed by atoms with Crippen molar-refractivity contribution in [2.75, 3.05) is 6.61 Å². The van der Waals surface area contributed by atoms with Crippen molar-refractivity contribution in [1.82, 2.24) is 9.47 Å². The van der Waals surface area contributed by atoms with Crippen molar-refractivity contribution in [3.8, 4) is 0 Å². The highest BCUT2D eigenvalue weighted by Gasteiger charge is 2.38. The number of aryl methyl sites for hydroxylation is 1. The summed E-state index contributed by atoms with van der Waals surface area (Å²) < 4.78 is 6.89. The monoisotopic (exact) mass is 290 g/mol. The van der Waals surface area contributed by atoms with E-state index in [0.717, 1.165) is 25.7 Å². The Labute approximate surface area is 124 Å². The maximum atomic E-state index is 12.4. The van der Waals surface area contributed by atoms with Gasteiger partial charge < -0.3 is 14.2 Å². The zero-order valence-corrected chi connectivity index (χ0v) is 12.5. The summed E-state index contributed by atoms with van der Waals surface area (Å²) in [6.07, 6.45) is 8.55. The van der Waals surface area contributed by atoms with E-state index in [0.29, 0.717) is 17.8 Å². The number of nitrogens with zero attached hydrogens (tertiary/aromatic N) is 2. The van der Waals surface area contributed by atoms with Gasteiger partial charge in [0.15, 0.2) is 6.61 Å². The van der Waals surface area contributed by atoms with Crippen molar-refractivity contribution >= 4 is 11.9 Å². The van der Waals surface area contributed by atoms with E-state index >= 15 is 0 Å². The molecule has 2 fully saturated rings. The van der Waals surface area contributed by atoms with Crippen LogP contribution in [-0.4, -0.2) is 40.0 Å². The number of ether oxygens (including phenoxy) is 1. The molecule has 2 aliphatic carbocycles. The molecule has 1 heterocycles. The van der Waals surface area contributed by atoms with Crippen LogP contribution in [0.2, 0.25) is 0 Å². The Morgan fingerprint density at radius 1 is 1.24 bits per heavy atom. The summed E-state index contributed by atoms with van der Waals surface area (Å²) in [5, 5.41) is 0. The third-order valence-corrected chi connectivity index (χ3v) is 4.43. The molecule has 2 aliphatic rings. The van der Waals surface area contributed by atoms with E-state index in [9.17, 15) is 9.59 Å². The minimum atomic E-state index is -0.432. The number of hydrogen-bond acceptors (Lipinski definition) is 3. The Bertz CT molecular complexity index is 527. The molecule has 3 rings (SSSR count). The summed E-state index contributed by atoms with van der Waals surface area (Å²) in [4.78, 5) is 26.4. The van der Waals surface area contributed by atoms with Crippen LogP contribution in [-0.2, 0) is 16.6 Å². The number of rotatable bonds is 5. The van der Waals surface area contributed by atoms with Crippen molar-refractivity contribution in [2.45, 2.75) is 50.6 Å². The maximum absolute atomic E-state index is 12.4. The van der Waals surface area contributed by atoms with E-state index in [1.807, 2.05) is 4.90 Å². The molecule has 1 aromatic rings. The molecule has 0 radical (unpaired) electrons. The Morgan fingerprint density at radius 3 is 2.48 bits per heavy atom. The van der Waals surface area contributed by atoms with E-state index in [2.05, 4.69) is 0 Å². The molecule has 0 saturated heterocycles. The topological polar surface area (TPSA) is 51.5 Å². The average Bonchev–Trinajstić information content (AvgIpc) is 2.97. The van der Waals surface area contributed by atoms with Crippen LogP contribution in [0.1, 0.15) is 49.0 Å². The van der Waals surface area contributed by atoms with E-state index in [-0.39, 0.29) is 12.5 Å². The number of carbonyl (C=O) groups excluding carboxylic acids is 2. The molecule has 1 aromatic heterocycles.